The van der Waals surface area contributed by atoms with E-state index in [1.807, 2.05) is 31.2 Å². The highest BCUT2D eigenvalue weighted by Crippen LogP contribution is 2.20. The number of amides is 1. The number of benzene rings is 1. The molecule has 0 spiro atoms. The highest BCUT2D eigenvalue weighted by atomic mass is 16.7. The molecule has 1 unspecified atom stereocenters. The molecule has 1 aromatic rings. The third-order valence-electron chi connectivity index (χ3n) is 3.33. The van der Waals surface area contributed by atoms with E-state index in [2.05, 4.69) is 5.48 Å². The Morgan fingerprint density at radius 3 is 2.53 bits per heavy atom. The minimum atomic E-state index is -0.566. The number of carbonyl (C=O) groups is 1. The number of aryl methyl sites for hydroxylation is 1. The molecule has 1 N–H and O–H groups in total. The lowest BCUT2D eigenvalue weighted by Crippen LogP contribution is -2.38. The summed E-state index contributed by atoms with van der Waals surface area (Å²) in [5, 5.41) is 0. The lowest BCUT2D eigenvalue weighted by Gasteiger charge is -2.16. The Hall–Kier alpha value is -1.55. The van der Waals surface area contributed by atoms with E-state index in [0.29, 0.717) is 5.75 Å². The van der Waals surface area contributed by atoms with Crippen LogP contribution in [0.4, 0.5) is 0 Å². The first-order chi connectivity index (χ1) is 9.15. The third kappa shape index (κ3) is 4.24. The number of carbonyl (C=O) groups excluding carboxylic acids is 1. The molecule has 2 rings (SSSR count). The number of nitrogens with one attached hydrogen (secondary N) is 1. The molecule has 1 amide bonds. The van der Waals surface area contributed by atoms with Crippen molar-refractivity contribution < 1.29 is 14.4 Å². The molecule has 1 fully saturated rings. The molecule has 4 nitrogen and oxygen atoms in total. The van der Waals surface area contributed by atoms with Gasteiger partial charge >= 0.3 is 0 Å². The number of hydrogen-bond acceptors (Lipinski definition) is 3. The van der Waals surface area contributed by atoms with Crippen molar-refractivity contribution in [1.82, 2.24) is 5.48 Å². The van der Waals surface area contributed by atoms with Crippen LogP contribution < -0.4 is 10.2 Å². The fourth-order valence-electron chi connectivity index (χ4n) is 2.11. The van der Waals surface area contributed by atoms with E-state index in [4.69, 9.17) is 9.57 Å². The van der Waals surface area contributed by atoms with Gasteiger partial charge in [-0.15, -0.1) is 0 Å². The minimum Gasteiger partial charge on any atom is -0.481 e. The largest absolute Gasteiger partial charge is 0.481 e. The fourth-order valence-corrected chi connectivity index (χ4v) is 2.11. The van der Waals surface area contributed by atoms with Gasteiger partial charge in [-0.05, 0) is 38.8 Å². The molecule has 104 valence electrons. The van der Waals surface area contributed by atoms with Crippen LogP contribution in [0.5, 0.6) is 5.75 Å². The summed E-state index contributed by atoms with van der Waals surface area (Å²) in [6, 6.07) is 7.62. The van der Waals surface area contributed by atoms with Crippen molar-refractivity contribution in [2.75, 3.05) is 0 Å². The Morgan fingerprint density at radius 2 is 1.89 bits per heavy atom. The van der Waals surface area contributed by atoms with Gasteiger partial charge < -0.3 is 4.74 Å². The standard InChI is InChI=1S/C15H21NO3/c1-11-7-9-13(10-8-11)18-12(2)15(17)16-19-14-5-3-4-6-14/h7-10,12,14H,3-6H2,1-2H3,(H,16,17). The predicted molar refractivity (Wildman–Crippen MR) is 72.8 cm³/mol. The van der Waals surface area contributed by atoms with Crippen LogP contribution in [-0.4, -0.2) is 18.1 Å². The topological polar surface area (TPSA) is 47.6 Å². The Labute approximate surface area is 114 Å². The van der Waals surface area contributed by atoms with Gasteiger partial charge in [0.1, 0.15) is 5.75 Å². The summed E-state index contributed by atoms with van der Waals surface area (Å²) in [4.78, 5) is 17.2. The van der Waals surface area contributed by atoms with E-state index in [1.54, 1.807) is 6.92 Å². The van der Waals surface area contributed by atoms with Crippen molar-refractivity contribution in [3.63, 3.8) is 0 Å². The van der Waals surface area contributed by atoms with Gasteiger partial charge in [0.25, 0.3) is 5.91 Å². The molecule has 1 aromatic carbocycles. The van der Waals surface area contributed by atoms with Crippen molar-refractivity contribution in [2.24, 2.45) is 0 Å². The summed E-state index contributed by atoms with van der Waals surface area (Å²) in [5.74, 6) is 0.446. The van der Waals surface area contributed by atoms with Crippen LogP contribution in [0.25, 0.3) is 0 Å². The Morgan fingerprint density at radius 1 is 1.26 bits per heavy atom. The van der Waals surface area contributed by atoms with Gasteiger partial charge in [-0.2, -0.15) is 0 Å². The number of ether oxygens (including phenoxy) is 1. The van der Waals surface area contributed by atoms with Crippen LogP contribution in [-0.2, 0) is 9.63 Å². The zero-order valence-electron chi connectivity index (χ0n) is 11.5. The molecular weight excluding hydrogens is 242 g/mol. The van der Waals surface area contributed by atoms with Crippen LogP contribution in [0, 0.1) is 6.92 Å². The summed E-state index contributed by atoms with van der Waals surface area (Å²) < 4.78 is 5.55. The molecule has 0 radical (unpaired) electrons. The van der Waals surface area contributed by atoms with Crippen molar-refractivity contribution in [2.45, 2.75) is 51.7 Å². The second-order valence-corrected chi connectivity index (χ2v) is 5.06. The Kier molecular flexibility index (Phi) is 4.80. The third-order valence-corrected chi connectivity index (χ3v) is 3.33. The monoisotopic (exact) mass is 263 g/mol. The van der Waals surface area contributed by atoms with E-state index in [9.17, 15) is 4.79 Å². The summed E-state index contributed by atoms with van der Waals surface area (Å²) >= 11 is 0. The molecule has 4 heteroatoms. The van der Waals surface area contributed by atoms with Gasteiger partial charge in [-0.25, -0.2) is 5.48 Å². The van der Waals surface area contributed by atoms with Crippen LogP contribution in [0.15, 0.2) is 24.3 Å². The fraction of sp³-hybridized carbons (Fsp3) is 0.533. The van der Waals surface area contributed by atoms with Crippen molar-refractivity contribution in [1.29, 1.82) is 0 Å². The van der Waals surface area contributed by atoms with Crippen LogP contribution in [0.1, 0.15) is 38.2 Å². The number of hydrogen-bond donors (Lipinski definition) is 1. The average Bonchev–Trinajstić information content (AvgIpc) is 2.91. The first kappa shape index (κ1) is 13.9. The van der Waals surface area contributed by atoms with E-state index in [0.717, 1.165) is 18.4 Å². The zero-order chi connectivity index (χ0) is 13.7. The molecule has 19 heavy (non-hydrogen) atoms. The first-order valence-electron chi connectivity index (χ1n) is 6.84. The quantitative estimate of drug-likeness (QED) is 0.831. The van der Waals surface area contributed by atoms with E-state index >= 15 is 0 Å². The van der Waals surface area contributed by atoms with Crippen molar-refractivity contribution in [3.8, 4) is 5.75 Å². The minimum absolute atomic E-state index is 0.163. The average molecular weight is 263 g/mol. The lowest BCUT2D eigenvalue weighted by molar-refractivity contribution is -0.144. The van der Waals surface area contributed by atoms with Crippen molar-refractivity contribution in [3.05, 3.63) is 29.8 Å². The van der Waals surface area contributed by atoms with Gasteiger partial charge in [-0.1, -0.05) is 30.5 Å². The zero-order valence-corrected chi connectivity index (χ0v) is 11.5. The first-order valence-corrected chi connectivity index (χ1v) is 6.84. The highest BCUT2D eigenvalue weighted by Gasteiger charge is 2.20. The molecule has 0 bridgehead atoms. The summed E-state index contributed by atoms with van der Waals surface area (Å²) in [6.07, 6.45) is 3.99. The molecule has 1 saturated carbocycles. The van der Waals surface area contributed by atoms with Crippen molar-refractivity contribution >= 4 is 5.91 Å². The van der Waals surface area contributed by atoms with Gasteiger partial charge in [0.15, 0.2) is 6.10 Å². The van der Waals surface area contributed by atoms with E-state index in [1.165, 1.54) is 12.8 Å². The van der Waals surface area contributed by atoms with Crippen LogP contribution in [0.2, 0.25) is 0 Å². The molecule has 0 saturated heterocycles. The second-order valence-electron chi connectivity index (χ2n) is 5.06. The Balaban J connectivity index is 1.76. The predicted octanol–water partition coefficient (Wildman–Crippen LogP) is 2.75. The lowest BCUT2D eigenvalue weighted by atomic mass is 10.2. The van der Waals surface area contributed by atoms with Gasteiger partial charge in [0, 0.05) is 0 Å². The smallest absolute Gasteiger partial charge is 0.284 e. The highest BCUT2D eigenvalue weighted by molar-refractivity contribution is 5.79. The summed E-state index contributed by atoms with van der Waals surface area (Å²) in [5.41, 5.74) is 3.65. The number of hydroxylamine groups is 1. The molecular formula is C15H21NO3. The SMILES string of the molecule is Cc1ccc(OC(C)C(=O)NOC2CCCC2)cc1. The van der Waals surface area contributed by atoms with E-state index in [-0.39, 0.29) is 12.0 Å². The molecule has 0 aliphatic heterocycles. The summed E-state index contributed by atoms with van der Waals surface area (Å²) in [7, 11) is 0. The van der Waals surface area contributed by atoms with Gasteiger partial charge in [0.2, 0.25) is 0 Å². The number of rotatable bonds is 5. The second kappa shape index (κ2) is 6.57. The molecule has 0 aromatic heterocycles. The van der Waals surface area contributed by atoms with Crippen LogP contribution >= 0.6 is 0 Å². The maximum Gasteiger partial charge on any atom is 0.284 e. The Bertz CT molecular complexity index is 410. The normalized spacial score (nSPS) is 17.2. The maximum absolute atomic E-state index is 11.8. The molecule has 0 heterocycles. The molecule has 1 aliphatic carbocycles. The molecule has 1 atom stereocenters. The van der Waals surface area contributed by atoms with Gasteiger partial charge in [0.05, 0.1) is 6.10 Å². The van der Waals surface area contributed by atoms with E-state index < -0.39 is 6.10 Å². The molecule has 1 aliphatic rings. The maximum atomic E-state index is 11.8. The van der Waals surface area contributed by atoms with Crippen LogP contribution in [0.3, 0.4) is 0 Å². The van der Waals surface area contributed by atoms with Gasteiger partial charge in [-0.3, -0.25) is 9.63 Å². The summed E-state index contributed by atoms with van der Waals surface area (Å²) in [6.45, 7) is 3.72.